The molecule has 3 N–H and O–H groups in total. The number of morpholine rings is 1. The van der Waals surface area contributed by atoms with E-state index >= 15 is 0 Å². The van der Waals surface area contributed by atoms with Crippen molar-refractivity contribution in [3.05, 3.63) is 0 Å². The molecule has 1 aliphatic rings. The summed E-state index contributed by atoms with van der Waals surface area (Å²) < 4.78 is 31.0. The van der Waals surface area contributed by atoms with Gasteiger partial charge in [-0.15, -0.1) is 0 Å². The van der Waals surface area contributed by atoms with Crippen LogP contribution in [0, 0.1) is 0 Å². The first-order valence-corrected chi connectivity index (χ1v) is 8.27. The van der Waals surface area contributed by atoms with E-state index in [9.17, 15) is 8.42 Å². The van der Waals surface area contributed by atoms with Crippen molar-refractivity contribution in [3.8, 4) is 0 Å². The molecular weight excluding hydrogens is 254 g/mol. The SMILES string of the molecule is NCCCCS(=O)(=O)NCCCN1CCOCC1. The number of ether oxygens (including phenoxy) is 1. The standard InChI is InChI=1S/C11H25N3O3S/c12-4-1-2-11-18(15,16)13-5-3-6-14-7-9-17-10-8-14/h13H,1-12H2. The van der Waals surface area contributed by atoms with Gasteiger partial charge in [0.25, 0.3) is 0 Å². The lowest BCUT2D eigenvalue weighted by Gasteiger charge is -2.26. The molecule has 0 saturated carbocycles. The maximum Gasteiger partial charge on any atom is 0.211 e. The lowest BCUT2D eigenvalue weighted by molar-refractivity contribution is 0.0376. The minimum Gasteiger partial charge on any atom is -0.379 e. The number of nitrogens with zero attached hydrogens (tertiary/aromatic N) is 1. The summed E-state index contributed by atoms with van der Waals surface area (Å²) in [6.45, 7) is 5.45. The van der Waals surface area contributed by atoms with Gasteiger partial charge >= 0.3 is 0 Å². The highest BCUT2D eigenvalue weighted by molar-refractivity contribution is 7.89. The molecule has 108 valence electrons. The van der Waals surface area contributed by atoms with Crippen LogP contribution in [0.2, 0.25) is 0 Å². The van der Waals surface area contributed by atoms with E-state index in [1.165, 1.54) is 0 Å². The first kappa shape index (κ1) is 15.8. The zero-order valence-electron chi connectivity index (χ0n) is 10.9. The molecule has 18 heavy (non-hydrogen) atoms. The summed E-state index contributed by atoms with van der Waals surface area (Å²) >= 11 is 0. The summed E-state index contributed by atoms with van der Waals surface area (Å²) in [7, 11) is -3.11. The number of hydrogen-bond donors (Lipinski definition) is 2. The Morgan fingerprint density at radius 1 is 1.17 bits per heavy atom. The normalized spacial score (nSPS) is 18.1. The third-order valence-corrected chi connectivity index (χ3v) is 4.41. The molecule has 1 aliphatic heterocycles. The monoisotopic (exact) mass is 279 g/mol. The van der Waals surface area contributed by atoms with E-state index < -0.39 is 10.0 Å². The molecule has 0 atom stereocenters. The lowest BCUT2D eigenvalue weighted by Crippen LogP contribution is -2.38. The molecule has 0 radical (unpaired) electrons. The highest BCUT2D eigenvalue weighted by atomic mass is 32.2. The Bertz CT molecular complexity index is 303. The van der Waals surface area contributed by atoms with Crippen molar-refractivity contribution >= 4 is 10.0 Å². The first-order valence-electron chi connectivity index (χ1n) is 6.61. The molecule has 0 aromatic carbocycles. The second kappa shape index (κ2) is 8.82. The van der Waals surface area contributed by atoms with E-state index in [-0.39, 0.29) is 5.75 Å². The maximum absolute atomic E-state index is 11.6. The number of nitrogens with one attached hydrogen (secondary N) is 1. The molecule has 7 heteroatoms. The number of nitrogens with two attached hydrogens (primary N) is 1. The second-order valence-electron chi connectivity index (χ2n) is 4.52. The topological polar surface area (TPSA) is 84.7 Å². The van der Waals surface area contributed by atoms with Crippen molar-refractivity contribution in [3.63, 3.8) is 0 Å². The van der Waals surface area contributed by atoms with Gasteiger partial charge < -0.3 is 10.5 Å². The number of unbranched alkanes of at least 4 members (excludes halogenated alkanes) is 1. The summed E-state index contributed by atoms with van der Waals surface area (Å²) in [6, 6.07) is 0. The van der Waals surface area contributed by atoms with Gasteiger partial charge in [-0.25, -0.2) is 13.1 Å². The zero-order valence-corrected chi connectivity index (χ0v) is 11.8. The van der Waals surface area contributed by atoms with E-state index in [1.54, 1.807) is 0 Å². The van der Waals surface area contributed by atoms with Gasteiger partial charge in [-0.3, -0.25) is 4.90 Å². The van der Waals surface area contributed by atoms with Crippen LogP contribution in [0.4, 0.5) is 0 Å². The predicted molar refractivity (Wildman–Crippen MR) is 72.0 cm³/mol. The molecule has 0 bridgehead atoms. The van der Waals surface area contributed by atoms with Crippen LogP contribution in [0.15, 0.2) is 0 Å². The fourth-order valence-corrected chi connectivity index (χ4v) is 3.05. The minimum atomic E-state index is -3.11. The van der Waals surface area contributed by atoms with Crippen LogP contribution in [0.5, 0.6) is 0 Å². The van der Waals surface area contributed by atoms with Gasteiger partial charge in [0.05, 0.1) is 19.0 Å². The van der Waals surface area contributed by atoms with Crippen molar-refractivity contribution in [1.82, 2.24) is 9.62 Å². The third-order valence-electron chi connectivity index (χ3n) is 2.94. The van der Waals surface area contributed by atoms with Gasteiger partial charge in [0, 0.05) is 19.6 Å². The van der Waals surface area contributed by atoms with E-state index in [0.29, 0.717) is 19.5 Å². The van der Waals surface area contributed by atoms with Crippen LogP contribution >= 0.6 is 0 Å². The van der Waals surface area contributed by atoms with Gasteiger partial charge in [-0.05, 0) is 32.4 Å². The Balaban J connectivity index is 2.05. The molecule has 0 spiro atoms. The predicted octanol–water partition coefficient (Wildman–Crippen LogP) is -0.633. The van der Waals surface area contributed by atoms with Crippen molar-refractivity contribution in [2.75, 3.05) is 51.7 Å². The molecule has 0 amide bonds. The fraction of sp³-hybridized carbons (Fsp3) is 1.00. The van der Waals surface area contributed by atoms with Gasteiger partial charge in [0.15, 0.2) is 0 Å². The van der Waals surface area contributed by atoms with Crippen molar-refractivity contribution in [1.29, 1.82) is 0 Å². The second-order valence-corrected chi connectivity index (χ2v) is 6.44. The Labute approximate surface area is 110 Å². The van der Waals surface area contributed by atoms with E-state index in [1.807, 2.05) is 0 Å². The van der Waals surface area contributed by atoms with Crippen LogP contribution in [0.25, 0.3) is 0 Å². The Morgan fingerprint density at radius 3 is 2.56 bits per heavy atom. The molecule has 1 rings (SSSR count). The van der Waals surface area contributed by atoms with Gasteiger partial charge in [0.1, 0.15) is 0 Å². The summed E-state index contributed by atoms with van der Waals surface area (Å²) in [5, 5.41) is 0. The highest BCUT2D eigenvalue weighted by Crippen LogP contribution is 1.98. The number of rotatable bonds is 9. The molecule has 0 unspecified atom stereocenters. The van der Waals surface area contributed by atoms with Crippen molar-refractivity contribution in [2.24, 2.45) is 5.73 Å². The molecule has 0 aromatic rings. The minimum absolute atomic E-state index is 0.182. The average molecular weight is 279 g/mol. The van der Waals surface area contributed by atoms with Crippen LogP contribution in [0.1, 0.15) is 19.3 Å². The fourth-order valence-electron chi connectivity index (χ4n) is 1.86. The molecule has 1 saturated heterocycles. The van der Waals surface area contributed by atoms with E-state index in [0.717, 1.165) is 45.7 Å². The van der Waals surface area contributed by atoms with Gasteiger partial charge in [-0.2, -0.15) is 0 Å². The zero-order chi connectivity index (χ0) is 13.3. The van der Waals surface area contributed by atoms with Gasteiger partial charge in [0.2, 0.25) is 10.0 Å². The molecular formula is C11H25N3O3S. The van der Waals surface area contributed by atoms with Crippen molar-refractivity contribution in [2.45, 2.75) is 19.3 Å². The first-order chi connectivity index (χ1) is 8.64. The summed E-state index contributed by atoms with van der Waals surface area (Å²) in [5.41, 5.74) is 5.33. The highest BCUT2D eigenvalue weighted by Gasteiger charge is 2.11. The summed E-state index contributed by atoms with van der Waals surface area (Å²) in [6.07, 6.45) is 2.24. The largest absolute Gasteiger partial charge is 0.379 e. The third kappa shape index (κ3) is 7.27. The van der Waals surface area contributed by atoms with E-state index in [4.69, 9.17) is 10.5 Å². The number of sulfonamides is 1. The van der Waals surface area contributed by atoms with Crippen LogP contribution in [-0.4, -0.2) is 65.0 Å². The summed E-state index contributed by atoms with van der Waals surface area (Å²) in [5.74, 6) is 0.182. The average Bonchev–Trinajstić information content (AvgIpc) is 2.36. The van der Waals surface area contributed by atoms with Crippen LogP contribution in [-0.2, 0) is 14.8 Å². The van der Waals surface area contributed by atoms with E-state index in [2.05, 4.69) is 9.62 Å². The molecule has 0 aliphatic carbocycles. The van der Waals surface area contributed by atoms with Crippen LogP contribution in [0.3, 0.4) is 0 Å². The Kier molecular flexibility index (Phi) is 7.76. The lowest BCUT2D eigenvalue weighted by atomic mass is 10.3. The molecule has 6 nitrogen and oxygen atoms in total. The van der Waals surface area contributed by atoms with Crippen molar-refractivity contribution < 1.29 is 13.2 Å². The van der Waals surface area contributed by atoms with Gasteiger partial charge in [-0.1, -0.05) is 0 Å². The van der Waals surface area contributed by atoms with Crippen LogP contribution < -0.4 is 10.5 Å². The maximum atomic E-state index is 11.6. The smallest absolute Gasteiger partial charge is 0.211 e. The molecule has 1 fully saturated rings. The quantitative estimate of drug-likeness (QED) is 0.549. The number of hydrogen-bond acceptors (Lipinski definition) is 5. The molecule has 0 aromatic heterocycles. The Hall–Kier alpha value is -0.210. The molecule has 1 heterocycles. The Morgan fingerprint density at radius 2 is 1.89 bits per heavy atom. The summed E-state index contributed by atoms with van der Waals surface area (Å²) in [4.78, 5) is 2.30.